The number of carbonyl (C=O) groups excluding carboxylic acids is 2. The standard InChI is InChI=1S/C10H16O4/c1-7(9(11)13-3)5-6-8(2)10(12)14-4/h5-8H,1-4H3/b6-5+/t7-,8-/m0/s1. The lowest BCUT2D eigenvalue weighted by molar-refractivity contribution is -0.144. The van der Waals surface area contributed by atoms with Gasteiger partial charge in [-0.3, -0.25) is 9.59 Å². The Kier molecular flexibility index (Phi) is 5.60. The molecule has 4 nitrogen and oxygen atoms in total. The fourth-order valence-corrected chi connectivity index (χ4v) is 0.862. The van der Waals surface area contributed by atoms with Crippen LogP contribution in [0, 0.1) is 11.8 Å². The van der Waals surface area contributed by atoms with E-state index in [1.165, 1.54) is 14.2 Å². The van der Waals surface area contributed by atoms with Crippen LogP contribution in [0.25, 0.3) is 0 Å². The van der Waals surface area contributed by atoms with Crippen molar-refractivity contribution in [1.29, 1.82) is 0 Å². The van der Waals surface area contributed by atoms with Crippen LogP contribution in [0.5, 0.6) is 0 Å². The van der Waals surface area contributed by atoms with Gasteiger partial charge in [-0.25, -0.2) is 0 Å². The summed E-state index contributed by atoms with van der Waals surface area (Å²) in [7, 11) is 2.66. The summed E-state index contributed by atoms with van der Waals surface area (Å²) in [5, 5.41) is 0. The van der Waals surface area contributed by atoms with Gasteiger partial charge in [0.05, 0.1) is 26.1 Å². The summed E-state index contributed by atoms with van der Waals surface area (Å²) in [5.41, 5.74) is 0. The Morgan fingerprint density at radius 1 is 0.929 bits per heavy atom. The molecule has 2 atom stereocenters. The van der Waals surface area contributed by atoms with Gasteiger partial charge in [-0.15, -0.1) is 0 Å². The normalized spacial score (nSPS) is 14.9. The zero-order chi connectivity index (χ0) is 11.1. The quantitative estimate of drug-likeness (QED) is 0.504. The first-order valence-electron chi connectivity index (χ1n) is 4.37. The van der Waals surface area contributed by atoms with E-state index in [9.17, 15) is 9.59 Å². The number of esters is 2. The van der Waals surface area contributed by atoms with E-state index in [1.54, 1.807) is 26.0 Å². The molecule has 0 N–H and O–H groups in total. The molecule has 0 aliphatic carbocycles. The maximum absolute atomic E-state index is 11.0. The molecular weight excluding hydrogens is 184 g/mol. The molecule has 0 saturated carbocycles. The van der Waals surface area contributed by atoms with E-state index in [0.717, 1.165) is 0 Å². The lowest BCUT2D eigenvalue weighted by Gasteiger charge is -2.05. The maximum atomic E-state index is 11.0. The molecule has 4 heteroatoms. The minimum absolute atomic E-state index is 0.321. The number of carbonyl (C=O) groups is 2. The summed E-state index contributed by atoms with van der Waals surface area (Å²) in [6.07, 6.45) is 3.26. The molecule has 0 saturated heterocycles. The highest BCUT2D eigenvalue weighted by atomic mass is 16.5. The highest BCUT2D eigenvalue weighted by molar-refractivity contribution is 5.75. The van der Waals surface area contributed by atoms with Crippen molar-refractivity contribution in [2.75, 3.05) is 14.2 Å². The molecule has 0 spiro atoms. The van der Waals surface area contributed by atoms with Gasteiger partial charge in [0.15, 0.2) is 0 Å². The van der Waals surface area contributed by atoms with Gasteiger partial charge in [0.1, 0.15) is 0 Å². The van der Waals surface area contributed by atoms with Crippen molar-refractivity contribution in [1.82, 2.24) is 0 Å². The zero-order valence-corrected chi connectivity index (χ0v) is 8.94. The fraction of sp³-hybridized carbons (Fsp3) is 0.600. The smallest absolute Gasteiger partial charge is 0.312 e. The summed E-state index contributed by atoms with van der Waals surface area (Å²) in [6, 6.07) is 0. The summed E-state index contributed by atoms with van der Waals surface area (Å²) in [5.74, 6) is -1.32. The molecule has 0 fully saturated rings. The lowest BCUT2D eigenvalue weighted by atomic mass is 10.1. The summed E-state index contributed by atoms with van der Waals surface area (Å²) < 4.78 is 9.05. The van der Waals surface area contributed by atoms with E-state index in [4.69, 9.17) is 0 Å². The predicted octanol–water partition coefficient (Wildman–Crippen LogP) is 1.16. The van der Waals surface area contributed by atoms with Crippen molar-refractivity contribution in [3.8, 4) is 0 Å². The third kappa shape index (κ3) is 4.07. The van der Waals surface area contributed by atoms with Crippen molar-refractivity contribution >= 4 is 11.9 Å². The Bertz CT molecular complexity index is 208. The Labute approximate surface area is 83.9 Å². The summed E-state index contributed by atoms with van der Waals surface area (Å²) >= 11 is 0. The van der Waals surface area contributed by atoms with E-state index in [-0.39, 0.29) is 23.8 Å². The highest BCUT2D eigenvalue weighted by Crippen LogP contribution is 2.05. The first kappa shape index (κ1) is 12.7. The van der Waals surface area contributed by atoms with Crippen LogP contribution < -0.4 is 0 Å². The van der Waals surface area contributed by atoms with E-state index in [2.05, 4.69) is 9.47 Å². The molecule has 80 valence electrons. The molecule has 0 amide bonds. The first-order chi connectivity index (χ1) is 6.52. The molecule has 0 rings (SSSR count). The Hall–Kier alpha value is -1.32. The number of rotatable bonds is 4. The number of hydrogen-bond acceptors (Lipinski definition) is 4. The zero-order valence-electron chi connectivity index (χ0n) is 8.94. The van der Waals surface area contributed by atoms with Crippen LogP contribution >= 0.6 is 0 Å². The van der Waals surface area contributed by atoms with Crippen molar-refractivity contribution in [2.24, 2.45) is 11.8 Å². The molecule has 0 aromatic rings. The first-order valence-corrected chi connectivity index (χ1v) is 4.37. The lowest BCUT2D eigenvalue weighted by Crippen LogP contribution is -2.13. The van der Waals surface area contributed by atoms with E-state index < -0.39 is 0 Å². The SMILES string of the molecule is COC(=O)[C@@H](C)/C=C/[C@H](C)C(=O)OC. The average Bonchev–Trinajstić information content (AvgIpc) is 2.22. The summed E-state index contributed by atoms with van der Waals surface area (Å²) in [6.45, 7) is 3.40. The minimum Gasteiger partial charge on any atom is -0.469 e. The van der Waals surface area contributed by atoms with Gasteiger partial charge in [-0.2, -0.15) is 0 Å². The third-order valence-electron chi connectivity index (χ3n) is 1.83. The second-order valence-electron chi connectivity index (χ2n) is 3.01. The van der Waals surface area contributed by atoms with Gasteiger partial charge < -0.3 is 9.47 Å². The predicted molar refractivity (Wildman–Crippen MR) is 51.5 cm³/mol. The van der Waals surface area contributed by atoms with E-state index >= 15 is 0 Å². The largest absolute Gasteiger partial charge is 0.469 e. The Morgan fingerprint density at radius 2 is 1.21 bits per heavy atom. The van der Waals surface area contributed by atoms with Crippen LogP contribution in [0.2, 0.25) is 0 Å². The van der Waals surface area contributed by atoms with Gasteiger partial charge in [-0.1, -0.05) is 12.2 Å². The molecule has 0 unspecified atom stereocenters. The minimum atomic E-state index is -0.341. The number of ether oxygens (including phenoxy) is 2. The second-order valence-corrected chi connectivity index (χ2v) is 3.01. The van der Waals surface area contributed by atoms with Crippen molar-refractivity contribution in [3.05, 3.63) is 12.2 Å². The van der Waals surface area contributed by atoms with E-state index in [0.29, 0.717) is 0 Å². The highest BCUT2D eigenvalue weighted by Gasteiger charge is 2.12. The van der Waals surface area contributed by atoms with Crippen LogP contribution in [-0.4, -0.2) is 26.2 Å². The van der Waals surface area contributed by atoms with Gasteiger partial charge in [0.25, 0.3) is 0 Å². The summed E-state index contributed by atoms with van der Waals surface area (Å²) in [4.78, 5) is 21.9. The Morgan fingerprint density at radius 3 is 1.43 bits per heavy atom. The third-order valence-corrected chi connectivity index (χ3v) is 1.83. The van der Waals surface area contributed by atoms with Gasteiger partial charge in [0.2, 0.25) is 0 Å². The molecule has 0 bridgehead atoms. The van der Waals surface area contributed by atoms with Crippen LogP contribution in [0.3, 0.4) is 0 Å². The molecule has 0 aliphatic rings. The van der Waals surface area contributed by atoms with Crippen molar-refractivity contribution < 1.29 is 19.1 Å². The topological polar surface area (TPSA) is 52.6 Å². The van der Waals surface area contributed by atoms with Crippen molar-refractivity contribution in [3.63, 3.8) is 0 Å². The molecular formula is C10H16O4. The molecule has 0 radical (unpaired) electrons. The number of methoxy groups -OCH3 is 2. The fourth-order valence-electron chi connectivity index (χ4n) is 0.862. The average molecular weight is 200 g/mol. The number of hydrogen-bond donors (Lipinski definition) is 0. The van der Waals surface area contributed by atoms with Crippen LogP contribution in [0.1, 0.15) is 13.8 Å². The van der Waals surface area contributed by atoms with E-state index in [1.807, 2.05) is 0 Å². The van der Waals surface area contributed by atoms with Gasteiger partial charge in [0, 0.05) is 0 Å². The Balaban J connectivity index is 4.16. The van der Waals surface area contributed by atoms with Crippen molar-refractivity contribution in [2.45, 2.75) is 13.8 Å². The van der Waals surface area contributed by atoms with Crippen LogP contribution in [0.4, 0.5) is 0 Å². The molecule has 0 aromatic carbocycles. The molecule has 14 heavy (non-hydrogen) atoms. The van der Waals surface area contributed by atoms with Gasteiger partial charge in [-0.05, 0) is 13.8 Å². The van der Waals surface area contributed by atoms with Crippen LogP contribution in [-0.2, 0) is 19.1 Å². The molecule has 0 heterocycles. The van der Waals surface area contributed by atoms with Gasteiger partial charge >= 0.3 is 11.9 Å². The maximum Gasteiger partial charge on any atom is 0.312 e. The molecule has 0 aliphatic heterocycles. The molecule has 0 aromatic heterocycles. The van der Waals surface area contributed by atoms with Crippen LogP contribution in [0.15, 0.2) is 12.2 Å². The monoisotopic (exact) mass is 200 g/mol. The second kappa shape index (κ2) is 6.18.